The molecule has 2 heterocycles. The number of unbranched alkanes of at least 4 members (excludes halogenated alkanes) is 1. The number of carbonyl (C=O) groups excluding carboxylic acids is 5. The highest BCUT2D eigenvalue weighted by Crippen LogP contribution is 2.40. The number of hydrogen-bond acceptors (Lipinski definition) is 7. The largest absolute Gasteiger partial charge is 0.343 e. The van der Waals surface area contributed by atoms with E-state index in [0.29, 0.717) is 51.7 Å². The number of piperidine rings is 1. The van der Waals surface area contributed by atoms with Crippen LogP contribution in [-0.4, -0.2) is 96.2 Å². The molecule has 12 heteroatoms. The van der Waals surface area contributed by atoms with E-state index in [9.17, 15) is 24.0 Å². The van der Waals surface area contributed by atoms with Crippen LogP contribution in [-0.2, 0) is 36.8 Å². The Labute approximate surface area is 302 Å². The minimum Gasteiger partial charge on any atom is -0.343 e. The summed E-state index contributed by atoms with van der Waals surface area (Å²) in [5.74, 6) is -1.45. The number of rotatable bonds is 17. The molecule has 0 aliphatic carbocycles. The van der Waals surface area contributed by atoms with E-state index in [-0.39, 0.29) is 29.6 Å². The van der Waals surface area contributed by atoms with Gasteiger partial charge in [-0.05, 0) is 68.5 Å². The second-order valence-corrected chi connectivity index (χ2v) is 14.8. The zero-order chi connectivity index (χ0) is 37.0. The first kappa shape index (κ1) is 39.5. The van der Waals surface area contributed by atoms with Gasteiger partial charge in [0.15, 0.2) is 0 Å². The van der Waals surface area contributed by atoms with E-state index in [0.717, 1.165) is 37.1 Å². The standard InChI is InChI=1S/C39H57N7O5/c1-27(2)22-33(36(49)42-32(16-10-11-19-40)38(51)45-20-17-39(18-21-45)25-46(26-39)28(3)47)44-37(50)34(24-30-14-8-5-9-15-30)43-35(48)31(41)23-29-12-6-4-7-13-29/h4-9,12-15,27,31-34H,10-11,16-26,40-41H2,1-3H3,(H,42,49)(H,43,48)(H,44,50). The molecule has 12 nitrogen and oxygen atoms in total. The summed E-state index contributed by atoms with van der Waals surface area (Å²) < 4.78 is 0. The second-order valence-electron chi connectivity index (χ2n) is 14.8. The summed E-state index contributed by atoms with van der Waals surface area (Å²) in [4.78, 5) is 70.5. The Morgan fingerprint density at radius 3 is 1.80 bits per heavy atom. The van der Waals surface area contributed by atoms with E-state index in [1.54, 1.807) is 6.92 Å². The van der Waals surface area contributed by atoms with Crippen LogP contribution in [0.5, 0.6) is 0 Å². The average molecular weight is 704 g/mol. The summed E-state index contributed by atoms with van der Waals surface area (Å²) in [7, 11) is 0. The molecule has 4 rings (SSSR count). The number of benzene rings is 2. The Bertz CT molecular complexity index is 1450. The van der Waals surface area contributed by atoms with Gasteiger partial charge in [0.25, 0.3) is 0 Å². The molecule has 278 valence electrons. The van der Waals surface area contributed by atoms with E-state index in [1.165, 1.54) is 0 Å². The fourth-order valence-electron chi connectivity index (χ4n) is 7.02. The van der Waals surface area contributed by atoms with Crippen LogP contribution in [0.25, 0.3) is 0 Å². The van der Waals surface area contributed by atoms with Crippen molar-refractivity contribution in [2.45, 2.75) is 96.3 Å². The van der Waals surface area contributed by atoms with Gasteiger partial charge in [0.1, 0.15) is 18.1 Å². The fraction of sp³-hybridized carbons (Fsp3) is 0.564. The van der Waals surface area contributed by atoms with Gasteiger partial charge >= 0.3 is 0 Å². The monoisotopic (exact) mass is 703 g/mol. The van der Waals surface area contributed by atoms with Gasteiger partial charge in [-0.1, -0.05) is 74.5 Å². The van der Waals surface area contributed by atoms with Crippen molar-refractivity contribution in [1.29, 1.82) is 0 Å². The lowest BCUT2D eigenvalue weighted by atomic mass is 9.72. The van der Waals surface area contributed by atoms with E-state index in [2.05, 4.69) is 16.0 Å². The Hall–Kier alpha value is -4.29. The highest BCUT2D eigenvalue weighted by atomic mass is 16.2. The van der Waals surface area contributed by atoms with Crippen molar-refractivity contribution < 1.29 is 24.0 Å². The Morgan fingerprint density at radius 2 is 1.25 bits per heavy atom. The van der Waals surface area contributed by atoms with Gasteiger partial charge < -0.3 is 37.2 Å². The van der Waals surface area contributed by atoms with Crippen molar-refractivity contribution in [3.05, 3.63) is 71.8 Å². The number of nitrogens with two attached hydrogens (primary N) is 2. The number of nitrogens with one attached hydrogen (secondary N) is 3. The van der Waals surface area contributed by atoms with Gasteiger partial charge in [-0.3, -0.25) is 24.0 Å². The van der Waals surface area contributed by atoms with Crippen LogP contribution < -0.4 is 27.4 Å². The normalized spacial score (nSPS) is 17.5. The predicted molar refractivity (Wildman–Crippen MR) is 197 cm³/mol. The number of hydrogen-bond donors (Lipinski definition) is 5. The third kappa shape index (κ3) is 11.6. The summed E-state index contributed by atoms with van der Waals surface area (Å²) in [6, 6.07) is 15.2. The number of amides is 5. The molecule has 4 unspecified atom stereocenters. The molecule has 2 aromatic carbocycles. The number of carbonyl (C=O) groups is 5. The molecular formula is C39H57N7O5. The minimum absolute atomic E-state index is 0.0456. The van der Waals surface area contributed by atoms with Crippen LogP contribution in [0, 0.1) is 11.3 Å². The molecule has 2 aliphatic heterocycles. The van der Waals surface area contributed by atoms with Crippen LogP contribution >= 0.6 is 0 Å². The van der Waals surface area contributed by atoms with Gasteiger partial charge in [0.05, 0.1) is 6.04 Å². The van der Waals surface area contributed by atoms with E-state index in [1.807, 2.05) is 84.3 Å². The third-order valence-electron chi connectivity index (χ3n) is 10.1. The predicted octanol–water partition coefficient (Wildman–Crippen LogP) is 1.90. The molecule has 2 aromatic rings. The van der Waals surface area contributed by atoms with Crippen molar-refractivity contribution in [1.82, 2.24) is 25.8 Å². The molecule has 5 amide bonds. The van der Waals surface area contributed by atoms with Crippen LogP contribution in [0.15, 0.2) is 60.7 Å². The zero-order valence-corrected chi connectivity index (χ0v) is 30.4. The Morgan fingerprint density at radius 1 is 0.725 bits per heavy atom. The first-order valence-corrected chi connectivity index (χ1v) is 18.4. The molecule has 0 aromatic heterocycles. The van der Waals surface area contributed by atoms with Crippen LogP contribution in [0.1, 0.15) is 70.4 Å². The number of nitrogens with zero attached hydrogens (tertiary/aromatic N) is 2. The zero-order valence-electron chi connectivity index (χ0n) is 30.4. The highest BCUT2D eigenvalue weighted by Gasteiger charge is 2.47. The van der Waals surface area contributed by atoms with Gasteiger partial charge in [-0.15, -0.1) is 0 Å². The fourth-order valence-corrected chi connectivity index (χ4v) is 7.02. The molecule has 51 heavy (non-hydrogen) atoms. The SMILES string of the molecule is CC(=O)N1CC2(CCN(C(=O)C(CCCCN)NC(=O)C(CC(C)C)NC(=O)C(Cc3ccccc3)NC(=O)C(N)Cc3ccccc3)CC2)C1. The quantitative estimate of drug-likeness (QED) is 0.156. The molecule has 2 fully saturated rings. The molecule has 2 aliphatic rings. The summed E-state index contributed by atoms with van der Waals surface area (Å²) in [5.41, 5.74) is 13.8. The van der Waals surface area contributed by atoms with E-state index in [4.69, 9.17) is 11.5 Å². The summed E-state index contributed by atoms with van der Waals surface area (Å²) in [6.45, 7) is 8.55. The summed E-state index contributed by atoms with van der Waals surface area (Å²) in [5, 5.41) is 8.73. The average Bonchev–Trinajstić information content (AvgIpc) is 3.09. The van der Waals surface area contributed by atoms with Gasteiger partial charge in [0.2, 0.25) is 29.5 Å². The van der Waals surface area contributed by atoms with Crippen molar-refractivity contribution in [3.8, 4) is 0 Å². The first-order valence-electron chi connectivity index (χ1n) is 18.4. The van der Waals surface area contributed by atoms with Gasteiger partial charge in [-0.2, -0.15) is 0 Å². The van der Waals surface area contributed by atoms with Crippen molar-refractivity contribution in [2.24, 2.45) is 22.8 Å². The van der Waals surface area contributed by atoms with Gasteiger partial charge in [0, 0.05) is 44.9 Å². The lowest BCUT2D eigenvalue weighted by Gasteiger charge is -2.54. The van der Waals surface area contributed by atoms with Gasteiger partial charge in [-0.25, -0.2) is 0 Å². The molecule has 0 saturated carbocycles. The molecule has 1 spiro atoms. The van der Waals surface area contributed by atoms with E-state index >= 15 is 0 Å². The first-order chi connectivity index (χ1) is 24.4. The van der Waals surface area contributed by atoms with Crippen molar-refractivity contribution in [3.63, 3.8) is 0 Å². The topological polar surface area (TPSA) is 180 Å². The molecule has 0 bridgehead atoms. The lowest BCUT2D eigenvalue weighted by Crippen LogP contribution is -2.63. The molecule has 2 saturated heterocycles. The molecule has 4 atom stereocenters. The highest BCUT2D eigenvalue weighted by molar-refractivity contribution is 5.95. The Balaban J connectivity index is 1.44. The van der Waals surface area contributed by atoms with Crippen LogP contribution in [0.3, 0.4) is 0 Å². The smallest absolute Gasteiger partial charge is 0.245 e. The molecule has 7 N–H and O–H groups in total. The maximum atomic E-state index is 14.0. The molecule has 0 radical (unpaired) electrons. The minimum atomic E-state index is -0.989. The van der Waals surface area contributed by atoms with Crippen molar-refractivity contribution in [2.75, 3.05) is 32.7 Å². The second kappa shape index (κ2) is 18.8. The molecular weight excluding hydrogens is 646 g/mol. The maximum Gasteiger partial charge on any atom is 0.245 e. The van der Waals surface area contributed by atoms with E-state index < -0.39 is 41.9 Å². The van der Waals surface area contributed by atoms with Crippen LogP contribution in [0.2, 0.25) is 0 Å². The summed E-state index contributed by atoms with van der Waals surface area (Å²) >= 11 is 0. The number of likely N-dealkylation sites (tertiary alicyclic amines) is 2. The van der Waals surface area contributed by atoms with Crippen molar-refractivity contribution >= 4 is 29.5 Å². The maximum absolute atomic E-state index is 14.0. The Kier molecular flexibility index (Phi) is 14.6. The summed E-state index contributed by atoms with van der Waals surface area (Å²) in [6.07, 6.45) is 4.25. The van der Waals surface area contributed by atoms with Crippen LogP contribution in [0.4, 0.5) is 0 Å². The third-order valence-corrected chi connectivity index (χ3v) is 10.1. The lowest BCUT2D eigenvalue weighted by molar-refractivity contribution is -0.149.